The summed E-state index contributed by atoms with van der Waals surface area (Å²) >= 11 is 3.48. The third-order valence-electron chi connectivity index (χ3n) is 3.67. The first-order valence-corrected chi connectivity index (χ1v) is 8.64. The van der Waals surface area contributed by atoms with Crippen molar-refractivity contribution in [2.45, 2.75) is 18.2 Å². The predicted molar refractivity (Wildman–Crippen MR) is 81.1 cm³/mol. The van der Waals surface area contributed by atoms with Crippen LogP contribution in [0.1, 0.15) is 20.1 Å². The standard InChI is InChI=1S/C13H17N3O2S2/c14-12(17)9-6-15-2-3-16(9)13(18)11-5-8-7-19-4-1-10(8)20-11/h5,9,15H,1-4,6-7H2,(H2,14,17). The Morgan fingerprint density at radius 2 is 2.30 bits per heavy atom. The molecule has 0 aromatic carbocycles. The van der Waals surface area contributed by atoms with Crippen molar-refractivity contribution in [3.05, 3.63) is 21.4 Å². The summed E-state index contributed by atoms with van der Waals surface area (Å²) in [6.07, 6.45) is 1.04. The number of nitrogens with zero attached hydrogens (tertiary/aromatic N) is 1. The Bertz CT molecular complexity index is 520. The van der Waals surface area contributed by atoms with Crippen molar-refractivity contribution in [1.29, 1.82) is 0 Å². The average molecular weight is 311 g/mol. The molecule has 0 saturated carbocycles. The lowest BCUT2D eigenvalue weighted by Gasteiger charge is -2.33. The van der Waals surface area contributed by atoms with E-state index < -0.39 is 11.9 Å². The molecule has 3 N–H and O–H groups in total. The van der Waals surface area contributed by atoms with Crippen LogP contribution in [0, 0.1) is 0 Å². The molecule has 1 saturated heterocycles. The van der Waals surface area contributed by atoms with Gasteiger partial charge in [-0.15, -0.1) is 11.3 Å². The van der Waals surface area contributed by atoms with E-state index in [1.165, 1.54) is 10.4 Å². The molecule has 0 bridgehead atoms. The molecule has 20 heavy (non-hydrogen) atoms. The lowest BCUT2D eigenvalue weighted by molar-refractivity contribution is -0.122. The summed E-state index contributed by atoms with van der Waals surface area (Å²) in [4.78, 5) is 27.8. The quantitative estimate of drug-likeness (QED) is 0.831. The molecule has 2 aliphatic heterocycles. The molecule has 0 spiro atoms. The second kappa shape index (κ2) is 5.75. The van der Waals surface area contributed by atoms with Crippen LogP contribution in [-0.4, -0.2) is 48.1 Å². The van der Waals surface area contributed by atoms with Gasteiger partial charge in [-0.3, -0.25) is 9.59 Å². The van der Waals surface area contributed by atoms with E-state index in [1.54, 1.807) is 16.2 Å². The first-order valence-electron chi connectivity index (χ1n) is 6.67. The van der Waals surface area contributed by atoms with Crippen molar-refractivity contribution in [3.8, 4) is 0 Å². The monoisotopic (exact) mass is 311 g/mol. The molecule has 0 radical (unpaired) electrons. The number of rotatable bonds is 2. The van der Waals surface area contributed by atoms with Crippen molar-refractivity contribution in [1.82, 2.24) is 10.2 Å². The zero-order valence-corrected chi connectivity index (χ0v) is 12.7. The van der Waals surface area contributed by atoms with Gasteiger partial charge >= 0.3 is 0 Å². The van der Waals surface area contributed by atoms with E-state index in [0.717, 1.165) is 22.8 Å². The highest BCUT2D eigenvalue weighted by molar-refractivity contribution is 7.98. The fourth-order valence-electron chi connectivity index (χ4n) is 2.60. The molecule has 3 heterocycles. The number of carbonyl (C=O) groups excluding carboxylic acids is 2. The van der Waals surface area contributed by atoms with Crippen LogP contribution in [0.15, 0.2) is 6.07 Å². The Kier molecular flexibility index (Phi) is 4.00. The lowest BCUT2D eigenvalue weighted by Crippen LogP contribution is -2.58. The van der Waals surface area contributed by atoms with Gasteiger partial charge in [0, 0.05) is 30.3 Å². The highest BCUT2D eigenvalue weighted by atomic mass is 32.2. The summed E-state index contributed by atoms with van der Waals surface area (Å²) in [7, 11) is 0. The van der Waals surface area contributed by atoms with E-state index in [9.17, 15) is 9.59 Å². The average Bonchev–Trinajstić information content (AvgIpc) is 2.90. The highest BCUT2D eigenvalue weighted by Crippen LogP contribution is 2.32. The van der Waals surface area contributed by atoms with Crippen LogP contribution in [0.5, 0.6) is 0 Å². The topological polar surface area (TPSA) is 75.4 Å². The number of aryl methyl sites for hydroxylation is 1. The van der Waals surface area contributed by atoms with Crippen LogP contribution in [0.3, 0.4) is 0 Å². The highest BCUT2D eigenvalue weighted by Gasteiger charge is 2.32. The summed E-state index contributed by atoms with van der Waals surface area (Å²) in [6.45, 7) is 1.68. The zero-order chi connectivity index (χ0) is 14.1. The molecule has 5 nitrogen and oxygen atoms in total. The van der Waals surface area contributed by atoms with E-state index >= 15 is 0 Å². The SMILES string of the molecule is NC(=O)C1CNCCN1C(=O)c1cc2c(s1)CCSC2. The first kappa shape index (κ1) is 13.9. The first-order chi connectivity index (χ1) is 9.66. The molecule has 1 aromatic heterocycles. The molecule has 2 aliphatic rings. The summed E-state index contributed by atoms with van der Waals surface area (Å²) < 4.78 is 0. The molecule has 3 rings (SSSR count). The number of amides is 2. The van der Waals surface area contributed by atoms with Crippen molar-refractivity contribution in [3.63, 3.8) is 0 Å². The van der Waals surface area contributed by atoms with Crippen molar-refractivity contribution < 1.29 is 9.59 Å². The molecule has 108 valence electrons. The Labute approximate surface area is 125 Å². The third-order valence-corrected chi connectivity index (χ3v) is 5.90. The van der Waals surface area contributed by atoms with E-state index in [4.69, 9.17) is 5.73 Å². The number of carbonyl (C=O) groups is 2. The number of hydrogen-bond donors (Lipinski definition) is 2. The predicted octanol–water partition coefficient (Wildman–Crippen LogP) is 0.437. The molecule has 1 atom stereocenters. The van der Waals surface area contributed by atoms with Crippen LogP contribution in [-0.2, 0) is 17.0 Å². The van der Waals surface area contributed by atoms with Crippen LogP contribution >= 0.6 is 23.1 Å². The molecule has 1 fully saturated rings. The van der Waals surface area contributed by atoms with Gasteiger partial charge in [-0.25, -0.2) is 0 Å². The van der Waals surface area contributed by atoms with Gasteiger partial charge in [-0.2, -0.15) is 11.8 Å². The number of nitrogens with two attached hydrogens (primary N) is 1. The molecular weight excluding hydrogens is 294 g/mol. The van der Waals surface area contributed by atoms with Gasteiger partial charge in [-0.1, -0.05) is 0 Å². The normalized spacial score (nSPS) is 22.4. The largest absolute Gasteiger partial charge is 0.368 e. The fourth-order valence-corrected chi connectivity index (χ4v) is 4.92. The van der Waals surface area contributed by atoms with Gasteiger partial charge in [0.25, 0.3) is 5.91 Å². The van der Waals surface area contributed by atoms with E-state index in [-0.39, 0.29) is 5.91 Å². The Morgan fingerprint density at radius 1 is 1.45 bits per heavy atom. The van der Waals surface area contributed by atoms with Gasteiger partial charge in [0.2, 0.25) is 5.91 Å². The van der Waals surface area contributed by atoms with Crippen LogP contribution in [0.4, 0.5) is 0 Å². The van der Waals surface area contributed by atoms with Gasteiger partial charge in [0.05, 0.1) is 4.88 Å². The molecule has 0 aliphatic carbocycles. The van der Waals surface area contributed by atoms with Crippen LogP contribution in [0.2, 0.25) is 0 Å². The van der Waals surface area contributed by atoms with Crippen molar-refractivity contribution in [2.75, 3.05) is 25.4 Å². The summed E-state index contributed by atoms with van der Waals surface area (Å²) in [6, 6.07) is 1.46. The maximum Gasteiger partial charge on any atom is 0.264 e. The summed E-state index contributed by atoms with van der Waals surface area (Å²) in [5.74, 6) is 1.61. The van der Waals surface area contributed by atoms with Gasteiger partial charge in [0.1, 0.15) is 6.04 Å². The minimum Gasteiger partial charge on any atom is -0.368 e. The molecular formula is C13H17N3O2S2. The Morgan fingerprint density at radius 3 is 3.05 bits per heavy atom. The minimum atomic E-state index is -0.537. The fraction of sp³-hybridized carbons (Fsp3) is 0.538. The van der Waals surface area contributed by atoms with Gasteiger partial charge in [-0.05, 0) is 23.8 Å². The van der Waals surface area contributed by atoms with E-state index in [1.807, 2.05) is 17.8 Å². The number of nitrogens with one attached hydrogen (secondary N) is 1. The third kappa shape index (κ3) is 2.57. The second-order valence-corrected chi connectivity index (χ2v) is 7.22. The Hall–Kier alpha value is -1.05. The van der Waals surface area contributed by atoms with Crippen molar-refractivity contribution in [2.24, 2.45) is 5.73 Å². The maximum absolute atomic E-state index is 12.6. The number of primary amides is 1. The second-order valence-electron chi connectivity index (χ2n) is 4.98. The lowest BCUT2D eigenvalue weighted by atomic mass is 10.1. The zero-order valence-electron chi connectivity index (χ0n) is 11.1. The summed E-state index contributed by atoms with van der Waals surface area (Å²) in [5.41, 5.74) is 6.68. The van der Waals surface area contributed by atoms with Gasteiger partial charge in [0.15, 0.2) is 0 Å². The number of thiophene rings is 1. The van der Waals surface area contributed by atoms with Gasteiger partial charge < -0.3 is 16.0 Å². The smallest absolute Gasteiger partial charge is 0.264 e. The maximum atomic E-state index is 12.6. The molecule has 7 heteroatoms. The molecule has 2 amide bonds. The molecule has 1 unspecified atom stereocenters. The van der Waals surface area contributed by atoms with Crippen molar-refractivity contribution >= 4 is 34.9 Å². The molecule has 1 aromatic rings. The van der Waals surface area contributed by atoms with Crippen LogP contribution < -0.4 is 11.1 Å². The number of thioether (sulfide) groups is 1. The number of fused-ring (bicyclic) bond motifs is 1. The van der Waals surface area contributed by atoms with E-state index in [0.29, 0.717) is 19.6 Å². The minimum absolute atomic E-state index is 0.0558. The number of hydrogen-bond acceptors (Lipinski definition) is 5. The van der Waals surface area contributed by atoms with E-state index in [2.05, 4.69) is 5.32 Å². The number of piperazine rings is 1. The summed E-state index contributed by atoms with van der Waals surface area (Å²) in [5, 5.41) is 3.11. The van der Waals surface area contributed by atoms with Crippen LogP contribution in [0.25, 0.3) is 0 Å². The Balaban J connectivity index is 1.83.